The first kappa shape index (κ1) is 17.4. The van der Waals surface area contributed by atoms with Crippen molar-refractivity contribution in [2.45, 2.75) is 64.6 Å². The molecule has 0 spiro atoms. The quantitative estimate of drug-likeness (QED) is 0.831. The van der Waals surface area contributed by atoms with Gasteiger partial charge in [0.1, 0.15) is 5.60 Å². The highest BCUT2D eigenvalue weighted by Crippen LogP contribution is 2.12. The maximum Gasteiger partial charge on any atom is 0.408 e. The van der Waals surface area contributed by atoms with Crippen LogP contribution in [-0.4, -0.2) is 45.5 Å². The summed E-state index contributed by atoms with van der Waals surface area (Å²) in [5.74, 6) is 1.55. The van der Waals surface area contributed by atoms with E-state index in [-0.39, 0.29) is 5.54 Å². The van der Waals surface area contributed by atoms with Crippen molar-refractivity contribution in [2.75, 3.05) is 18.1 Å². The molecule has 1 aliphatic heterocycles. The topological polar surface area (TPSA) is 67.4 Å². The Hall–Kier alpha value is -0.620. The first-order valence-corrected chi connectivity index (χ1v) is 8.66. The van der Waals surface area contributed by atoms with Crippen LogP contribution in [0, 0.1) is 0 Å². The van der Waals surface area contributed by atoms with Crippen molar-refractivity contribution < 1.29 is 13.7 Å². The standard InChI is InChI=1S/C14H28N2O3S/c1-13(2,3)19-12(17)16-14(4,5)10-15-11-6-8-20(18)9-7-11/h11,15H,6-10H2,1-5H3,(H,16,17). The third-order valence-electron chi connectivity index (χ3n) is 3.06. The van der Waals surface area contributed by atoms with E-state index in [4.69, 9.17) is 4.74 Å². The minimum atomic E-state index is -0.636. The molecule has 0 aromatic heterocycles. The van der Waals surface area contributed by atoms with Gasteiger partial charge in [-0.05, 0) is 47.5 Å². The maximum atomic E-state index is 11.8. The second-order valence-corrected chi connectivity index (χ2v) is 8.71. The number of hydrogen-bond donors (Lipinski definition) is 2. The van der Waals surface area contributed by atoms with E-state index in [2.05, 4.69) is 10.6 Å². The number of alkyl carbamates (subject to hydrolysis) is 1. The van der Waals surface area contributed by atoms with Crippen molar-refractivity contribution in [1.82, 2.24) is 10.6 Å². The second kappa shape index (κ2) is 6.89. The van der Waals surface area contributed by atoms with Crippen molar-refractivity contribution in [2.24, 2.45) is 0 Å². The molecule has 0 bridgehead atoms. The molecule has 2 N–H and O–H groups in total. The average Bonchev–Trinajstić information content (AvgIpc) is 2.24. The van der Waals surface area contributed by atoms with E-state index in [1.165, 1.54) is 0 Å². The van der Waals surface area contributed by atoms with Crippen LogP contribution < -0.4 is 10.6 Å². The molecule has 1 rings (SSSR count). The summed E-state index contributed by atoms with van der Waals surface area (Å²) in [4.78, 5) is 11.8. The lowest BCUT2D eigenvalue weighted by Gasteiger charge is -2.31. The number of carbonyl (C=O) groups excluding carboxylic acids is 1. The molecule has 20 heavy (non-hydrogen) atoms. The molecule has 0 unspecified atom stereocenters. The Morgan fingerprint density at radius 1 is 1.20 bits per heavy atom. The van der Waals surface area contributed by atoms with E-state index in [1.807, 2.05) is 34.6 Å². The van der Waals surface area contributed by atoms with Gasteiger partial charge in [-0.3, -0.25) is 4.21 Å². The summed E-state index contributed by atoms with van der Waals surface area (Å²) in [6, 6.07) is 0.396. The number of rotatable bonds is 4. The maximum absolute atomic E-state index is 11.8. The lowest BCUT2D eigenvalue weighted by atomic mass is 10.0. The fourth-order valence-electron chi connectivity index (χ4n) is 2.02. The normalized spacial score (nSPS) is 24.2. The highest BCUT2D eigenvalue weighted by molar-refractivity contribution is 7.85. The van der Waals surface area contributed by atoms with Gasteiger partial charge < -0.3 is 15.4 Å². The van der Waals surface area contributed by atoms with E-state index in [0.717, 1.165) is 24.3 Å². The highest BCUT2D eigenvalue weighted by Gasteiger charge is 2.26. The van der Waals surface area contributed by atoms with E-state index < -0.39 is 22.5 Å². The van der Waals surface area contributed by atoms with Gasteiger partial charge in [-0.25, -0.2) is 4.79 Å². The molecule has 0 saturated carbocycles. The van der Waals surface area contributed by atoms with Crippen LogP contribution in [0.25, 0.3) is 0 Å². The van der Waals surface area contributed by atoms with Crippen molar-refractivity contribution in [1.29, 1.82) is 0 Å². The molecule has 0 aromatic carbocycles. The Labute approximate surface area is 124 Å². The highest BCUT2D eigenvalue weighted by atomic mass is 32.2. The van der Waals surface area contributed by atoms with Gasteiger partial charge in [-0.2, -0.15) is 0 Å². The SMILES string of the molecule is CC(C)(CNC1CCS(=O)CC1)NC(=O)OC(C)(C)C. The largest absolute Gasteiger partial charge is 0.444 e. The summed E-state index contributed by atoms with van der Waals surface area (Å²) >= 11 is 0. The lowest BCUT2D eigenvalue weighted by molar-refractivity contribution is 0.0470. The van der Waals surface area contributed by atoms with Gasteiger partial charge >= 0.3 is 6.09 Å². The summed E-state index contributed by atoms with van der Waals surface area (Å²) in [7, 11) is -0.636. The van der Waals surface area contributed by atoms with E-state index in [1.54, 1.807) is 0 Å². The molecular weight excluding hydrogens is 276 g/mol. The molecular formula is C14H28N2O3S. The number of ether oxygens (including phenoxy) is 1. The van der Waals surface area contributed by atoms with Crippen LogP contribution in [0.1, 0.15) is 47.5 Å². The molecule has 1 aliphatic rings. The van der Waals surface area contributed by atoms with Crippen LogP contribution in [-0.2, 0) is 15.5 Å². The summed E-state index contributed by atoms with van der Waals surface area (Å²) in [6.07, 6.45) is 1.48. The Bertz CT molecular complexity index is 354. The third-order valence-corrected chi connectivity index (χ3v) is 4.44. The summed E-state index contributed by atoms with van der Waals surface area (Å²) in [5, 5.41) is 6.32. The monoisotopic (exact) mass is 304 g/mol. The van der Waals surface area contributed by atoms with Crippen LogP contribution >= 0.6 is 0 Å². The van der Waals surface area contributed by atoms with Crippen LogP contribution in [0.15, 0.2) is 0 Å². The zero-order chi connectivity index (χ0) is 15.4. The molecule has 6 heteroatoms. The zero-order valence-corrected chi connectivity index (χ0v) is 14.1. The summed E-state index contributed by atoms with van der Waals surface area (Å²) in [5.41, 5.74) is -0.861. The Morgan fingerprint density at radius 3 is 2.25 bits per heavy atom. The molecule has 1 saturated heterocycles. The lowest BCUT2D eigenvalue weighted by Crippen LogP contribution is -2.53. The van der Waals surface area contributed by atoms with Crippen LogP contribution in [0.5, 0.6) is 0 Å². The van der Waals surface area contributed by atoms with Crippen molar-refractivity contribution >= 4 is 16.9 Å². The van der Waals surface area contributed by atoms with Gasteiger partial charge in [0.25, 0.3) is 0 Å². The van der Waals surface area contributed by atoms with Gasteiger partial charge in [0.05, 0.1) is 5.54 Å². The minimum Gasteiger partial charge on any atom is -0.444 e. The minimum absolute atomic E-state index is 0.376. The average molecular weight is 304 g/mol. The predicted molar refractivity (Wildman–Crippen MR) is 82.3 cm³/mol. The summed E-state index contributed by atoms with van der Waals surface area (Å²) in [6.45, 7) is 10.1. The Morgan fingerprint density at radius 2 is 1.75 bits per heavy atom. The van der Waals surface area contributed by atoms with Gasteiger partial charge in [-0.1, -0.05) is 0 Å². The van der Waals surface area contributed by atoms with Crippen molar-refractivity contribution in [3.05, 3.63) is 0 Å². The molecule has 1 amide bonds. The predicted octanol–water partition coefficient (Wildman–Crippen LogP) is 1.79. The van der Waals surface area contributed by atoms with Gasteiger partial charge in [0.2, 0.25) is 0 Å². The molecule has 0 aliphatic carbocycles. The molecule has 0 aromatic rings. The summed E-state index contributed by atoms with van der Waals surface area (Å²) < 4.78 is 16.6. The molecule has 1 heterocycles. The number of amides is 1. The molecule has 5 nitrogen and oxygen atoms in total. The van der Waals surface area contributed by atoms with E-state index in [9.17, 15) is 9.00 Å². The molecule has 0 radical (unpaired) electrons. The number of nitrogens with one attached hydrogen (secondary N) is 2. The smallest absolute Gasteiger partial charge is 0.408 e. The first-order chi connectivity index (χ1) is 9.07. The molecule has 1 fully saturated rings. The van der Waals surface area contributed by atoms with Crippen molar-refractivity contribution in [3.63, 3.8) is 0 Å². The fourth-order valence-corrected chi connectivity index (χ4v) is 3.32. The second-order valence-electron chi connectivity index (χ2n) is 7.01. The molecule has 0 atom stereocenters. The van der Waals surface area contributed by atoms with E-state index in [0.29, 0.717) is 12.6 Å². The van der Waals surface area contributed by atoms with E-state index >= 15 is 0 Å². The van der Waals surface area contributed by atoms with Crippen LogP contribution in [0.4, 0.5) is 4.79 Å². The first-order valence-electron chi connectivity index (χ1n) is 7.17. The molecule has 118 valence electrons. The zero-order valence-electron chi connectivity index (χ0n) is 13.2. The van der Waals surface area contributed by atoms with Gasteiger partial charge in [0.15, 0.2) is 0 Å². The fraction of sp³-hybridized carbons (Fsp3) is 0.929. The van der Waals surface area contributed by atoms with Gasteiger partial charge in [-0.15, -0.1) is 0 Å². The van der Waals surface area contributed by atoms with Gasteiger partial charge in [0, 0.05) is 34.9 Å². The van der Waals surface area contributed by atoms with Crippen molar-refractivity contribution in [3.8, 4) is 0 Å². The Kier molecular flexibility index (Phi) is 6.01. The Balaban J connectivity index is 2.33. The van der Waals surface area contributed by atoms with Crippen LogP contribution in [0.3, 0.4) is 0 Å². The number of carbonyl (C=O) groups is 1. The number of hydrogen-bond acceptors (Lipinski definition) is 4. The van der Waals surface area contributed by atoms with Crippen LogP contribution in [0.2, 0.25) is 0 Å². The third kappa shape index (κ3) is 7.24.